The van der Waals surface area contributed by atoms with Gasteiger partial charge < -0.3 is 5.32 Å². The van der Waals surface area contributed by atoms with E-state index in [1.54, 1.807) is 0 Å². The van der Waals surface area contributed by atoms with Crippen molar-refractivity contribution in [1.29, 1.82) is 0 Å². The first kappa shape index (κ1) is 16.7. The van der Waals surface area contributed by atoms with E-state index >= 15 is 0 Å². The lowest BCUT2D eigenvalue weighted by atomic mass is 9.63. The Kier molecular flexibility index (Phi) is 3.74. The van der Waals surface area contributed by atoms with Gasteiger partial charge in [-0.15, -0.1) is 0 Å². The first-order valence-electron chi connectivity index (χ1n) is 10.0. The molecule has 1 aliphatic heterocycles. The summed E-state index contributed by atoms with van der Waals surface area (Å²) >= 11 is 0. The molecule has 1 heterocycles. The Morgan fingerprint density at radius 1 is 1.07 bits per heavy atom. The van der Waals surface area contributed by atoms with Crippen LogP contribution in [0.3, 0.4) is 0 Å². The second kappa shape index (κ2) is 6.04. The van der Waals surface area contributed by atoms with Gasteiger partial charge in [0, 0.05) is 18.7 Å². The van der Waals surface area contributed by atoms with E-state index in [2.05, 4.69) is 17.5 Å². The number of benzene rings is 1. The zero-order valence-electron chi connectivity index (χ0n) is 15.4. The number of nitrogens with one attached hydrogen (secondary N) is 1. The van der Waals surface area contributed by atoms with E-state index in [-0.39, 0.29) is 54.4 Å². The SMILES string of the molecule is CCc1ccccc1NC(=O)CCN1C(=O)[C@@H]2[C@H]3C=C[C@H]([C@H]4C[C@H]34)[C@@H]2C1=O. The van der Waals surface area contributed by atoms with Crippen molar-refractivity contribution in [1.82, 2.24) is 4.90 Å². The molecule has 4 aliphatic carbocycles. The van der Waals surface area contributed by atoms with Crippen LogP contribution in [0.25, 0.3) is 0 Å². The van der Waals surface area contributed by atoms with Gasteiger partial charge in [0.15, 0.2) is 0 Å². The molecule has 1 saturated heterocycles. The van der Waals surface area contributed by atoms with Crippen LogP contribution < -0.4 is 5.32 Å². The quantitative estimate of drug-likeness (QED) is 0.645. The largest absolute Gasteiger partial charge is 0.326 e. The number of hydrogen-bond donors (Lipinski definition) is 1. The fraction of sp³-hybridized carbons (Fsp3) is 0.500. The lowest BCUT2D eigenvalue weighted by Crippen LogP contribution is -2.40. The van der Waals surface area contributed by atoms with E-state index in [1.165, 1.54) is 4.90 Å². The number of carbonyl (C=O) groups excluding carboxylic acids is 3. The number of likely N-dealkylation sites (tertiary alicyclic amines) is 1. The van der Waals surface area contributed by atoms with Gasteiger partial charge in [-0.1, -0.05) is 37.3 Å². The number of amides is 3. The highest BCUT2D eigenvalue weighted by molar-refractivity contribution is 6.06. The number of carbonyl (C=O) groups is 3. The summed E-state index contributed by atoms with van der Waals surface area (Å²) in [6, 6.07) is 7.71. The minimum absolute atomic E-state index is 0.0588. The Morgan fingerprint density at radius 3 is 2.33 bits per heavy atom. The summed E-state index contributed by atoms with van der Waals surface area (Å²) in [5.41, 5.74) is 1.88. The van der Waals surface area contributed by atoms with Crippen LogP contribution >= 0.6 is 0 Å². The average Bonchev–Trinajstić information content (AvgIpc) is 3.46. The topological polar surface area (TPSA) is 66.5 Å². The van der Waals surface area contributed by atoms with Crippen molar-refractivity contribution in [3.8, 4) is 0 Å². The maximum absolute atomic E-state index is 12.9. The third-order valence-electron chi connectivity index (χ3n) is 6.99. The summed E-state index contributed by atoms with van der Waals surface area (Å²) in [6.45, 7) is 2.22. The molecular formula is C22H24N2O3. The summed E-state index contributed by atoms with van der Waals surface area (Å²) in [7, 11) is 0. The Hall–Kier alpha value is -2.43. The number of para-hydroxylation sites is 1. The molecule has 2 saturated carbocycles. The van der Waals surface area contributed by atoms with E-state index in [9.17, 15) is 14.4 Å². The van der Waals surface area contributed by atoms with Gasteiger partial charge in [0.1, 0.15) is 0 Å². The first-order chi connectivity index (χ1) is 13.1. The fourth-order valence-electron chi connectivity index (χ4n) is 5.62. The molecule has 140 valence electrons. The van der Waals surface area contributed by atoms with Crippen molar-refractivity contribution in [2.45, 2.75) is 26.2 Å². The van der Waals surface area contributed by atoms with Crippen LogP contribution in [0.2, 0.25) is 0 Å². The normalized spacial score (nSPS) is 35.2. The van der Waals surface area contributed by atoms with Crippen LogP contribution in [0.5, 0.6) is 0 Å². The number of nitrogens with zero attached hydrogens (tertiary/aromatic N) is 1. The van der Waals surface area contributed by atoms with Gasteiger partial charge in [0.05, 0.1) is 11.8 Å². The summed E-state index contributed by atoms with van der Waals surface area (Å²) in [6.07, 6.45) is 6.48. The van der Waals surface area contributed by atoms with Crippen LogP contribution in [0, 0.1) is 35.5 Å². The Balaban J connectivity index is 1.25. The molecule has 2 bridgehead atoms. The van der Waals surface area contributed by atoms with Crippen molar-refractivity contribution in [2.75, 3.05) is 11.9 Å². The molecule has 0 unspecified atom stereocenters. The molecule has 5 heteroatoms. The smallest absolute Gasteiger partial charge is 0.233 e. The molecule has 1 aromatic carbocycles. The molecule has 6 rings (SSSR count). The third kappa shape index (κ3) is 2.47. The zero-order chi connectivity index (χ0) is 18.7. The van der Waals surface area contributed by atoms with Crippen LogP contribution in [0.1, 0.15) is 25.3 Å². The van der Waals surface area contributed by atoms with Gasteiger partial charge in [-0.25, -0.2) is 0 Å². The second-order valence-corrected chi connectivity index (χ2v) is 8.29. The predicted molar refractivity (Wildman–Crippen MR) is 100 cm³/mol. The van der Waals surface area contributed by atoms with Gasteiger partial charge in [0.2, 0.25) is 17.7 Å². The van der Waals surface area contributed by atoms with Crippen LogP contribution in [0.4, 0.5) is 5.69 Å². The van der Waals surface area contributed by atoms with E-state index < -0.39 is 0 Å². The van der Waals surface area contributed by atoms with Gasteiger partial charge in [-0.3, -0.25) is 19.3 Å². The van der Waals surface area contributed by atoms with Crippen molar-refractivity contribution in [3.63, 3.8) is 0 Å². The van der Waals surface area contributed by atoms with E-state index in [0.717, 1.165) is 24.1 Å². The molecule has 5 nitrogen and oxygen atoms in total. The molecule has 0 radical (unpaired) electrons. The molecule has 3 amide bonds. The summed E-state index contributed by atoms with van der Waals surface area (Å²) in [5.74, 6) is 1.04. The lowest BCUT2D eigenvalue weighted by molar-refractivity contribution is -0.140. The van der Waals surface area contributed by atoms with Crippen molar-refractivity contribution in [2.24, 2.45) is 35.5 Å². The van der Waals surface area contributed by atoms with Gasteiger partial charge >= 0.3 is 0 Å². The number of allylic oxidation sites excluding steroid dienone is 2. The second-order valence-electron chi connectivity index (χ2n) is 8.29. The molecule has 0 spiro atoms. The number of aryl methyl sites for hydroxylation is 1. The molecular weight excluding hydrogens is 340 g/mol. The van der Waals surface area contributed by atoms with Crippen molar-refractivity contribution >= 4 is 23.4 Å². The molecule has 27 heavy (non-hydrogen) atoms. The number of hydrogen-bond acceptors (Lipinski definition) is 3. The highest BCUT2D eigenvalue weighted by Gasteiger charge is 2.66. The monoisotopic (exact) mass is 364 g/mol. The standard InChI is InChI=1S/C22H24N2O3/c1-2-12-5-3-4-6-17(12)23-18(25)9-10-24-21(26)19-13-7-8-14(16-11-15(13)16)20(19)22(24)27/h3-8,13-16,19-20H,2,9-11H2,1H3,(H,23,25)/t13-,14+,15-,16-,19+,20-/m1/s1. The Bertz CT molecular complexity index is 825. The highest BCUT2D eigenvalue weighted by Crippen LogP contribution is 2.65. The number of imide groups is 1. The molecule has 3 fully saturated rings. The van der Waals surface area contributed by atoms with Crippen molar-refractivity contribution in [3.05, 3.63) is 42.0 Å². The zero-order valence-corrected chi connectivity index (χ0v) is 15.4. The molecule has 5 aliphatic rings. The van der Waals surface area contributed by atoms with Crippen molar-refractivity contribution < 1.29 is 14.4 Å². The van der Waals surface area contributed by atoms with E-state index in [1.807, 2.05) is 31.2 Å². The summed E-state index contributed by atoms with van der Waals surface area (Å²) in [5, 5.41) is 2.92. The maximum atomic E-state index is 12.9. The Labute approximate surface area is 158 Å². The summed E-state index contributed by atoms with van der Waals surface area (Å²) in [4.78, 5) is 39.6. The molecule has 1 N–H and O–H groups in total. The lowest BCUT2D eigenvalue weighted by Gasteiger charge is -2.37. The van der Waals surface area contributed by atoms with E-state index in [0.29, 0.717) is 11.8 Å². The minimum atomic E-state index is -0.180. The molecule has 6 atom stereocenters. The van der Waals surface area contributed by atoms with Gasteiger partial charge in [-0.05, 0) is 48.1 Å². The molecule has 1 aromatic rings. The number of anilines is 1. The van der Waals surface area contributed by atoms with Crippen LogP contribution in [0.15, 0.2) is 36.4 Å². The predicted octanol–water partition coefficient (Wildman–Crippen LogP) is 2.63. The van der Waals surface area contributed by atoms with Gasteiger partial charge in [0.25, 0.3) is 0 Å². The highest BCUT2D eigenvalue weighted by atomic mass is 16.2. The molecule has 0 aromatic heterocycles. The van der Waals surface area contributed by atoms with Crippen LogP contribution in [-0.2, 0) is 20.8 Å². The van der Waals surface area contributed by atoms with Crippen LogP contribution in [-0.4, -0.2) is 29.2 Å². The minimum Gasteiger partial charge on any atom is -0.326 e. The Morgan fingerprint density at radius 2 is 1.70 bits per heavy atom. The summed E-state index contributed by atoms with van der Waals surface area (Å²) < 4.78 is 0. The van der Waals surface area contributed by atoms with Gasteiger partial charge in [-0.2, -0.15) is 0 Å². The number of rotatable bonds is 5. The third-order valence-corrected chi connectivity index (χ3v) is 6.99. The first-order valence-corrected chi connectivity index (χ1v) is 10.0. The van der Waals surface area contributed by atoms with E-state index in [4.69, 9.17) is 0 Å². The maximum Gasteiger partial charge on any atom is 0.233 e. The fourth-order valence-corrected chi connectivity index (χ4v) is 5.62. The average molecular weight is 364 g/mol.